The molecule has 6 nitrogen and oxygen atoms in total. The number of aromatic amines is 1. The monoisotopic (exact) mass is 450 g/mol. The van der Waals surface area contributed by atoms with Gasteiger partial charge in [0.25, 0.3) is 5.91 Å². The lowest BCUT2D eigenvalue weighted by molar-refractivity contribution is 0.0704. The molecule has 0 aliphatic carbocycles. The van der Waals surface area contributed by atoms with E-state index in [0.717, 1.165) is 24.9 Å². The van der Waals surface area contributed by atoms with Crippen molar-refractivity contribution in [3.05, 3.63) is 71.0 Å². The van der Waals surface area contributed by atoms with Crippen molar-refractivity contribution in [2.24, 2.45) is 0 Å². The molecule has 3 aromatic heterocycles. The minimum absolute atomic E-state index is 0. The van der Waals surface area contributed by atoms with E-state index in [4.69, 9.17) is 4.52 Å². The van der Waals surface area contributed by atoms with Crippen LogP contribution in [0.4, 0.5) is 0 Å². The molecule has 1 N–H and O–H groups in total. The van der Waals surface area contributed by atoms with Gasteiger partial charge in [0.15, 0.2) is 0 Å². The number of likely N-dealkylation sites (tertiary alicyclic amines) is 1. The van der Waals surface area contributed by atoms with Gasteiger partial charge in [0.1, 0.15) is 11.3 Å². The van der Waals surface area contributed by atoms with Gasteiger partial charge in [0.05, 0.1) is 5.69 Å². The number of rotatable bonds is 3. The number of carbonyl (C=O) groups excluding carboxylic acids is 1. The number of aromatic nitrogens is 3. The van der Waals surface area contributed by atoms with Crippen LogP contribution in [0, 0.1) is 20.8 Å². The second-order valence-electron chi connectivity index (χ2n) is 8.44. The number of carbonyl (C=O) groups is 1. The van der Waals surface area contributed by atoms with Gasteiger partial charge in [-0.1, -0.05) is 23.4 Å². The van der Waals surface area contributed by atoms with Crippen LogP contribution in [0.15, 0.2) is 47.2 Å². The molecule has 5 rings (SSSR count). The summed E-state index contributed by atoms with van der Waals surface area (Å²) in [6.45, 7) is 7.19. The van der Waals surface area contributed by atoms with E-state index >= 15 is 0 Å². The van der Waals surface area contributed by atoms with E-state index < -0.39 is 0 Å². The van der Waals surface area contributed by atoms with Crippen LogP contribution in [0.25, 0.3) is 22.0 Å². The van der Waals surface area contributed by atoms with Crippen LogP contribution < -0.4 is 0 Å². The van der Waals surface area contributed by atoms with Crippen molar-refractivity contribution < 1.29 is 9.32 Å². The van der Waals surface area contributed by atoms with E-state index in [1.165, 1.54) is 27.7 Å². The fourth-order valence-electron chi connectivity index (χ4n) is 4.86. The van der Waals surface area contributed by atoms with Crippen molar-refractivity contribution in [2.45, 2.75) is 39.5 Å². The summed E-state index contributed by atoms with van der Waals surface area (Å²) in [5, 5.41) is 5.18. The number of benzene rings is 1. The van der Waals surface area contributed by atoms with Gasteiger partial charge in [0.2, 0.25) is 0 Å². The van der Waals surface area contributed by atoms with Gasteiger partial charge < -0.3 is 14.4 Å². The Kier molecular flexibility index (Phi) is 6.07. The Bertz CT molecular complexity index is 1240. The molecule has 4 aromatic rings. The summed E-state index contributed by atoms with van der Waals surface area (Å²) < 4.78 is 5.24. The predicted octanol–water partition coefficient (Wildman–Crippen LogP) is 5.58. The van der Waals surface area contributed by atoms with Crippen molar-refractivity contribution in [1.82, 2.24) is 20.0 Å². The summed E-state index contributed by atoms with van der Waals surface area (Å²) in [6.07, 6.45) is 5.67. The number of hydrogen-bond donors (Lipinski definition) is 1. The normalized spacial score (nSPS) is 16.2. The zero-order valence-corrected chi connectivity index (χ0v) is 19.3. The molecule has 4 heterocycles. The maximum atomic E-state index is 13.3. The van der Waals surface area contributed by atoms with Gasteiger partial charge >= 0.3 is 0 Å². The van der Waals surface area contributed by atoms with Crippen LogP contribution in [0.2, 0.25) is 0 Å². The summed E-state index contributed by atoms with van der Waals surface area (Å²) in [5.74, 6) is 0.829. The average molecular weight is 451 g/mol. The number of pyridine rings is 1. The fraction of sp³-hybridized carbons (Fsp3) is 0.320. The number of para-hydroxylation sites is 1. The molecule has 1 amide bonds. The number of piperidine rings is 1. The lowest BCUT2D eigenvalue weighted by atomic mass is 9.89. The Morgan fingerprint density at radius 3 is 2.66 bits per heavy atom. The largest absolute Gasteiger partial charge is 0.361 e. The molecule has 0 spiro atoms. The van der Waals surface area contributed by atoms with Gasteiger partial charge in [-0.25, -0.2) is 0 Å². The zero-order valence-electron chi connectivity index (χ0n) is 18.5. The molecule has 1 unspecified atom stereocenters. The lowest BCUT2D eigenvalue weighted by Gasteiger charge is -2.33. The van der Waals surface area contributed by atoms with Crippen LogP contribution in [0.1, 0.15) is 51.8 Å². The Balaban J connectivity index is 0.00000245. The molecule has 1 fully saturated rings. The molecule has 0 bridgehead atoms. The van der Waals surface area contributed by atoms with Crippen molar-refractivity contribution in [3.8, 4) is 11.1 Å². The number of hydrogen-bond acceptors (Lipinski definition) is 4. The quantitative estimate of drug-likeness (QED) is 0.441. The standard InChI is InChI=1S/C25H26N4O2.ClH/c1-15-6-4-8-20-22(18-9-11-26-12-10-18)24(27-23(15)20)19-7-5-13-29(14-19)25(30)21-16(2)28-31-17(21)3;/h4,6,8-12,19,27H,5,7,13-14H2,1-3H3;1H. The fourth-order valence-corrected chi connectivity index (χ4v) is 4.86. The topological polar surface area (TPSA) is 75.0 Å². The van der Waals surface area contributed by atoms with Gasteiger partial charge in [-0.3, -0.25) is 9.78 Å². The second-order valence-corrected chi connectivity index (χ2v) is 8.44. The molecule has 1 atom stereocenters. The molecule has 0 saturated carbocycles. The first-order valence-corrected chi connectivity index (χ1v) is 10.8. The van der Waals surface area contributed by atoms with Gasteiger partial charge in [-0.2, -0.15) is 0 Å². The smallest absolute Gasteiger partial charge is 0.259 e. The molecular weight excluding hydrogens is 424 g/mol. The van der Waals surface area contributed by atoms with Crippen LogP contribution in [-0.4, -0.2) is 39.0 Å². The molecule has 166 valence electrons. The average Bonchev–Trinajstić information content (AvgIpc) is 3.35. The van der Waals surface area contributed by atoms with Crippen molar-refractivity contribution in [1.29, 1.82) is 0 Å². The van der Waals surface area contributed by atoms with E-state index in [1.807, 2.05) is 24.2 Å². The zero-order chi connectivity index (χ0) is 21.5. The van der Waals surface area contributed by atoms with E-state index in [0.29, 0.717) is 23.6 Å². The minimum Gasteiger partial charge on any atom is -0.361 e. The van der Waals surface area contributed by atoms with Gasteiger partial charge in [0, 0.05) is 53.6 Å². The SMILES string of the molecule is Cc1noc(C)c1C(=O)N1CCCC(c2[nH]c3c(C)cccc3c2-c2ccncc2)C1.Cl. The summed E-state index contributed by atoms with van der Waals surface area (Å²) in [7, 11) is 0. The molecule has 1 aromatic carbocycles. The summed E-state index contributed by atoms with van der Waals surface area (Å²) in [5.41, 5.74) is 7.21. The molecule has 1 aliphatic rings. The number of nitrogens with zero attached hydrogens (tertiary/aromatic N) is 3. The van der Waals surface area contributed by atoms with Crippen LogP contribution in [0.3, 0.4) is 0 Å². The molecule has 0 radical (unpaired) electrons. The van der Waals surface area contributed by atoms with Crippen LogP contribution in [-0.2, 0) is 0 Å². The number of fused-ring (bicyclic) bond motifs is 1. The summed E-state index contributed by atoms with van der Waals surface area (Å²) in [6, 6.07) is 10.5. The third-order valence-electron chi connectivity index (χ3n) is 6.40. The Hall–Kier alpha value is -3.12. The van der Waals surface area contributed by atoms with Crippen LogP contribution >= 0.6 is 12.4 Å². The van der Waals surface area contributed by atoms with Gasteiger partial charge in [-0.15, -0.1) is 12.4 Å². The highest BCUT2D eigenvalue weighted by Crippen LogP contribution is 2.40. The highest BCUT2D eigenvalue weighted by molar-refractivity contribution is 5.99. The molecule has 1 saturated heterocycles. The van der Waals surface area contributed by atoms with Crippen molar-refractivity contribution >= 4 is 29.2 Å². The maximum Gasteiger partial charge on any atom is 0.259 e. The molecule has 7 heteroatoms. The van der Waals surface area contributed by atoms with Crippen LogP contribution in [0.5, 0.6) is 0 Å². The number of amides is 1. The number of aryl methyl sites for hydroxylation is 3. The van der Waals surface area contributed by atoms with E-state index in [9.17, 15) is 4.79 Å². The Morgan fingerprint density at radius 2 is 1.94 bits per heavy atom. The second kappa shape index (κ2) is 8.79. The number of nitrogens with one attached hydrogen (secondary N) is 1. The van der Waals surface area contributed by atoms with E-state index in [-0.39, 0.29) is 24.2 Å². The Labute approximate surface area is 193 Å². The van der Waals surface area contributed by atoms with E-state index in [2.05, 4.69) is 52.4 Å². The third kappa shape index (κ3) is 3.69. The molecular formula is C25H27ClN4O2. The summed E-state index contributed by atoms with van der Waals surface area (Å²) >= 11 is 0. The highest BCUT2D eigenvalue weighted by Gasteiger charge is 2.31. The first kappa shape index (κ1) is 22.1. The van der Waals surface area contributed by atoms with Gasteiger partial charge in [-0.05, 0) is 56.9 Å². The lowest BCUT2D eigenvalue weighted by Crippen LogP contribution is -2.39. The number of halogens is 1. The minimum atomic E-state index is 0. The number of H-pyrrole nitrogens is 1. The molecule has 1 aliphatic heterocycles. The maximum absolute atomic E-state index is 13.3. The third-order valence-corrected chi connectivity index (χ3v) is 6.40. The van der Waals surface area contributed by atoms with Crippen molar-refractivity contribution in [2.75, 3.05) is 13.1 Å². The summed E-state index contributed by atoms with van der Waals surface area (Å²) in [4.78, 5) is 23.1. The van der Waals surface area contributed by atoms with Crippen molar-refractivity contribution in [3.63, 3.8) is 0 Å². The first-order chi connectivity index (χ1) is 15.0. The first-order valence-electron chi connectivity index (χ1n) is 10.8. The highest BCUT2D eigenvalue weighted by atomic mass is 35.5. The van der Waals surface area contributed by atoms with E-state index in [1.54, 1.807) is 6.92 Å². The predicted molar refractivity (Wildman–Crippen MR) is 127 cm³/mol. The Morgan fingerprint density at radius 1 is 1.16 bits per heavy atom. The molecule has 32 heavy (non-hydrogen) atoms.